The van der Waals surface area contributed by atoms with Gasteiger partial charge in [-0.3, -0.25) is 4.79 Å². The summed E-state index contributed by atoms with van der Waals surface area (Å²) < 4.78 is 5.24. The van der Waals surface area contributed by atoms with E-state index in [1.165, 1.54) is 6.42 Å². The first-order chi connectivity index (χ1) is 7.74. The van der Waals surface area contributed by atoms with Gasteiger partial charge in [-0.1, -0.05) is 0 Å². The molecule has 0 bridgehead atoms. The quantitative estimate of drug-likeness (QED) is 0.840. The maximum Gasteiger partial charge on any atom is 0.290 e. The molecule has 2 N–H and O–H groups in total. The Morgan fingerprint density at radius 1 is 1.62 bits per heavy atom. The summed E-state index contributed by atoms with van der Waals surface area (Å²) in [6.07, 6.45) is 4.94. The van der Waals surface area contributed by atoms with Crippen molar-refractivity contribution in [1.29, 1.82) is 0 Å². The molecule has 4 nitrogen and oxygen atoms in total. The molecule has 0 aromatic carbocycles. The number of furan rings is 1. The summed E-state index contributed by atoms with van der Waals surface area (Å²) in [4.78, 5) is 14.1. The van der Waals surface area contributed by atoms with Gasteiger partial charge in [0.15, 0.2) is 5.76 Å². The molecule has 1 aliphatic carbocycles. The molecule has 2 rings (SSSR count). The summed E-state index contributed by atoms with van der Waals surface area (Å²) in [5, 5.41) is 0. The number of nitrogens with zero attached hydrogens (tertiary/aromatic N) is 1. The number of hydrogen-bond acceptors (Lipinski definition) is 3. The molecule has 16 heavy (non-hydrogen) atoms. The van der Waals surface area contributed by atoms with E-state index in [2.05, 4.69) is 0 Å². The van der Waals surface area contributed by atoms with Gasteiger partial charge >= 0.3 is 0 Å². The average Bonchev–Trinajstić information content (AvgIpc) is 2.60. The van der Waals surface area contributed by atoms with Crippen molar-refractivity contribution in [2.24, 2.45) is 5.73 Å². The van der Waals surface area contributed by atoms with Gasteiger partial charge in [-0.25, -0.2) is 0 Å². The first-order valence-electron chi connectivity index (χ1n) is 5.79. The van der Waals surface area contributed by atoms with Crippen molar-refractivity contribution < 1.29 is 9.21 Å². The Hall–Kier alpha value is -1.29. The maximum atomic E-state index is 12.2. The van der Waals surface area contributed by atoms with Gasteiger partial charge in [0.05, 0.1) is 6.26 Å². The summed E-state index contributed by atoms with van der Waals surface area (Å²) in [5.41, 5.74) is 6.45. The first-order valence-corrected chi connectivity index (χ1v) is 5.79. The van der Waals surface area contributed by atoms with E-state index in [4.69, 9.17) is 10.2 Å². The van der Waals surface area contributed by atoms with Gasteiger partial charge in [0, 0.05) is 24.7 Å². The van der Waals surface area contributed by atoms with Crippen LogP contribution in [0.1, 0.15) is 35.4 Å². The van der Waals surface area contributed by atoms with Crippen LogP contribution in [0, 0.1) is 6.92 Å². The van der Waals surface area contributed by atoms with Gasteiger partial charge in [0.1, 0.15) is 0 Å². The zero-order chi connectivity index (χ0) is 11.5. The zero-order valence-corrected chi connectivity index (χ0v) is 9.61. The summed E-state index contributed by atoms with van der Waals surface area (Å²) in [6, 6.07) is 2.18. The lowest BCUT2D eigenvalue weighted by molar-refractivity contribution is 0.0555. The molecule has 1 aromatic heterocycles. The van der Waals surface area contributed by atoms with Crippen molar-refractivity contribution in [3.8, 4) is 0 Å². The third-order valence-electron chi connectivity index (χ3n) is 3.20. The Morgan fingerprint density at radius 3 is 2.81 bits per heavy atom. The number of hydrogen-bond donors (Lipinski definition) is 1. The minimum atomic E-state index is -0.0161. The number of carbonyl (C=O) groups is 1. The van der Waals surface area contributed by atoms with Crippen LogP contribution in [0.4, 0.5) is 0 Å². The Morgan fingerprint density at radius 2 is 2.38 bits per heavy atom. The van der Waals surface area contributed by atoms with Gasteiger partial charge in [-0.05, 0) is 32.3 Å². The van der Waals surface area contributed by atoms with Crippen LogP contribution < -0.4 is 5.73 Å². The molecule has 0 radical (unpaired) electrons. The number of nitrogens with two attached hydrogens (primary N) is 1. The van der Waals surface area contributed by atoms with Gasteiger partial charge in [-0.2, -0.15) is 0 Å². The highest BCUT2D eigenvalue weighted by atomic mass is 16.3. The standard InChI is InChI=1S/C12H18N2O2/c1-9-5-8-16-11(9)12(15)14(7-6-13)10-3-2-4-10/h5,8,10H,2-4,6-7,13H2,1H3. The van der Waals surface area contributed by atoms with E-state index < -0.39 is 0 Å². The lowest BCUT2D eigenvalue weighted by Gasteiger charge is -2.37. The first kappa shape index (κ1) is 11.2. The fourth-order valence-corrected chi connectivity index (χ4v) is 2.01. The molecular weight excluding hydrogens is 204 g/mol. The van der Waals surface area contributed by atoms with Crippen LogP contribution in [0.25, 0.3) is 0 Å². The van der Waals surface area contributed by atoms with Crippen molar-refractivity contribution in [1.82, 2.24) is 4.90 Å². The second-order valence-corrected chi connectivity index (χ2v) is 4.30. The molecule has 0 saturated heterocycles. The normalized spacial score (nSPS) is 15.9. The molecule has 0 atom stereocenters. The summed E-state index contributed by atoms with van der Waals surface area (Å²) in [6.45, 7) is 3.00. The highest BCUT2D eigenvalue weighted by Crippen LogP contribution is 2.26. The van der Waals surface area contributed by atoms with Crippen LogP contribution in [0.2, 0.25) is 0 Å². The molecule has 0 aliphatic heterocycles. The van der Waals surface area contributed by atoms with Crippen LogP contribution in [0.3, 0.4) is 0 Å². The van der Waals surface area contributed by atoms with Crippen molar-refractivity contribution in [2.75, 3.05) is 13.1 Å². The molecular formula is C12H18N2O2. The van der Waals surface area contributed by atoms with E-state index in [0.29, 0.717) is 24.9 Å². The molecule has 0 unspecified atom stereocenters. The van der Waals surface area contributed by atoms with Crippen LogP contribution in [-0.4, -0.2) is 29.9 Å². The second-order valence-electron chi connectivity index (χ2n) is 4.30. The zero-order valence-electron chi connectivity index (χ0n) is 9.61. The average molecular weight is 222 g/mol. The number of amides is 1. The summed E-state index contributed by atoms with van der Waals surface area (Å²) >= 11 is 0. The highest BCUT2D eigenvalue weighted by Gasteiger charge is 2.30. The van der Waals surface area contributed by atoms with Gasteiger partial charge in [0.2, 0.25) is 0 Å². The van der Waals surface area contributed by atoms with Gasteiger partial charge in [0.25, 0.3) is 5.91 Å². The number of rotatable bonds is 4. The Balaban J connectivity index is 2.13. The van der Waals surface area contributed by atoms with E-state index >= 15 is 0 Å². The third kappa shape index (κ3) is 1.97. The van der Waals surface area contributed by atoms with E-state index in [9.17, 15) is 4.79 Å². The lowest BCUT2D eigenvalue weighted by Crippen LogP contribution is -2.46. The van der Waals surface area contributed by atoms with Crippen molar-refractivity contribution in [3.63, 3.8) is 0 Å². The molecule has 88 valence electrons. The van der Waals surface area contributed by atoms with Gasteiger partial charge < -0.3 is 15.1 Å². The Labute approximate surface area is 95.4 Å². The summed E-state index contributed by atoms with van der Waals surface area (Å²) in [5.74, 6) is 0.443. The number of carbonyl (C=O) groups excluding carboxylic acids is 1. The number of aryl methyl sites for hydroxylation is 1. The molecule has 1 aliphatic rings. The van der Waals surface area contributed by atoms with Crippen LogP contribution >= 0.6 is 0 Å². The molecule has 1 amide bonds. The monoisotopic (exact) mass is 222 g/mol. The fraction of sp³-hybridized carbons (Fsp3) is 0.583. The molecule has 1 saturated carbocycles. The Kier molecular flexibility index (Phi) is 3.29. The SMILES string of the molecule is Cc1ccoc1C(=O)N(CCN)C1CCC1. The van der Waals surface area contributed by atoms with E-state index in [1.54, 1.807) is 6.26 Å². The molecule has 4 heteroatoms. The third-order valence-corrected chi connectivity index (χ3v) is 3.20. The van der Waals surface area contributed by atoms with E-state index in [0.717, 1.165) is 18.4 Å². The van der Waals surface area contributed by atoms with Gasteiger partial charge in [-0.15, -0.1) is 0 Å². The molecule has 1 fully saturated rings. The van der Waals surface area contributed by atoms with Crippen molar-refractivity contribution >= 4 is 5.91 Å². The van der Waals surface area contributed by atoms with Crippen molar-refractivity contribution in [2.45, 2.75) is 32.2 Å². The molecule has 1 aromatic rings. The fourth-order valence-electron chi connectivity index (χ4n) is 2.01. The Bertz CT molecular complexity index is 369. The van der Waals surface area contributed by atoms with Crippen LogP contribution in [0.5, 0.6) is 0 Å². The minimum Gasteiger partial charge on any atom is -0.459 e. The molecule has 0 spiro atoms. The van der Waals surface area contributed by atoms with Crippen LogP contribution in [-0.2, 0) is 0 Å². The molecule has 1 heterocycles. The predicted molar refractivity (Wildman–Crippen MR) is 61.2 cm³/mol. The lowest BCUT2D eigenvalue weighted by atomic mass is 9.91. The van der Waals surface area contributed by atoms with Crippen molar-refractivity contribution in [3.05, 3.63) is 23.7 Å². The summed E-state index contributed by atoms with van der Waals surface area (Å²) in [7, 11) is 0. The minimum absolute atomic E-state index is 0.0161. The predicted octanol–water partition coefficient (Wildman–Crippen LogP) is 1.54. The topological polar surface area (TPSA) is 59.5 Å². The van der Waals surface area contributed by atoms with E-state index in [-0.39, 0.29) is 5.91 Å². The highest BCUT2D eigenvalue weighted by molar-refractivity contribution is 5.93. The second kappa shape index (κ2) is 4.70. The smallest absolute Gasteiger partial charge is 0.290 e. The van der Waals surface area contributed by atoms with Crippen LogP contribution in [0.15, 0.2) is 16.7 Å². The maximum absolute atomic E-state index is 12.2. The largest absolute Gasteiger partial charge is 0.459 e. The van der Waals surface area contributed by atoms with E-state index in [1.807, 2.05) is 17.9 Å².